The van der Waals surface area contributed by atoms with Gasteiger partial charge in [-0.3, -0.25) is 0 Å². The number of nitrogens with one attached hydrogen (secondary N) is 1. The van der Waals surface area contributed by atoms with Crippen LogP contribution in [0.5, 0.6) is 0 Å². The second-order valence-corrected chi connectivity index (χ2v) is 4.80. The van der Waals surface area contributed by atoms with Gasteiger partial charge in [0.05, 0.1) is 33.1 Å². The van der Waals surface area contributed by atoms with E-state index in [9.17, 15) is 0 Å². The van der Waals surface area contributed by atoms with Gasteiger partial charge in [0.2, 0.25) is 0 Å². The smallest absolute Gasteiger partial charge is 0.116 e. The predicted octanol–water partition coefficient (Wildman–Crippen LogP) is 3.28. The van der Waals surface area contributed by atoms with Gasteiger partial charge in [0, 0.05) is 11.1 Å². The standard InChI is InChI=1S/C15H12N4/c1-8-12-13(17-7-16-12)9(2)15-14(8)18-10-5-3-4-6-11(10)19-15/h3-7,18H,1-2H3. The molecule has 2 aromatic carbocycles. The van der Waals surface area contributed by atoms with Gasteiger partial charge in [0.25, 0.3) is 0 Å². The Hall–Kier alpha value is -2.49. The van der Waals surface area contributed by atoms with Crippen LogP contribution in [0.15, 0.2) is 30.6 Å². The minimum Gasteiger partial charge on any atom is -0.352 e. The first-order valence-corrected chi connectivity index (χ1v) is 6.24. The molecule has 0 fully saturated rings. The molecule has 4 heteroatoms. The number of hydrogen-bond acceptors (Lipinski definition) is 3. The molecule has 0 aliphatic rings. The first-order chi connectivity index (χ1) is 9.25. The van der Waals surface area contributed by atoms with Gasteiger partial charge in [-0.1, -0.05) is 12.1 Å². The summed E-state index contributed by atoms with van der Waals surface area (Å²) >= 11 is 0. The maximum atomic E-state index is 4.77. The minimum atomic E-state index is 0.946. The van der Waals surface area contributed by atoms with Crippen LogP contribution in [-0.4, -0.2) is 19.9 Å². The quantitative estimate of drug-likeness (QED) is 0.486. The summed E-state index contributed by atoms with van der Waals surface area (Å²) in [6.07, 6.45) is 1.61. The van der Waals surface area contributed by atoms with Crippen LogP contribution < -0.4 is 0 Å². The summed E-state index contributed by atoms with van der Waals surface area (Å²) in [5, 5.41) is 0. The van der Waals surface area contributed by atoms with Crippen molar-refractivity contribution in [3.63, 3.8) is 0 Å². The van der Waals surface area contributed by atoms with Gasteiger partial charge in [-0.15, -0.1) is 0 Å². The maximum absolute atomic E-state index is 4.77. The zero-order valence-electron chi connectivity index (χ0n) is 10.7. The van der Waals surface area contributed by atoms with Crippen molar-refractivity contribution in [1.29, 1.82) is 0 Å². The van der Waals surface area contributed by atoms with E-state index < -0.39 is 0 Å². The largest absolute Gasteiger partial charge is 0.352 e. The molecule has 0 saturated carbocycles. The average Bonchev–Trinajstić information content (AvgIpc) is 2.93. The first kappa shape index (κ1) is 10.4. The van der Waals surface area contributed by atoms with Crippen LogP contribution >= 0.6 is 0 Å². The Balaban J connectivity index is 2.32. The lowest BCUT2D eigenvalue weighted by molar-refractivity contribution is 1.33. The number of rotatable bonds is 0. The van der Waals surface area contributed by atoms with Crippen LogP contribution in [-0.2, 0) is 0 Å². The third kappa shape index (κ3) is 1.31. The molecule has 2 heterocycles. The molecule has 4 rings (SSSR count). The Bertz CT molecular complexity index is 862. The highest BCUT2D eigenvalue weighted by Crippen LogP contribution is 2.28. The summed E-state index contributed by atoms with van der Waals surface area (Å²) in [7, 11) is 0. The fourth-order valence-corrected chi connectivity index (χ4v) is 2.64. The fraction of sp³-hybridized carbons (Fsp3) is 0.133. The number of aromatic amines is 1. The van der Waals surface area contributed by atoms with E-state index in [1.807, 2.05) is 24.3 Å². The van der Waals surface area contributed by atoms with Crippen LogP contribution in [0.4, 0.5) is 0 Å². The Labute approximate surface area is 109 Å². The van der Waals surface area contributed by atoms with Gasteiger partial charge in [-0.25, -0.2) is 15.0 Å². The lowest BCUT2D eigenvalue weighted by atomic mass is 10.1. The van der Waals surface area contributed by atoms with E-state index in [4.69, 9.17) is 4.98 Å². The van der Waals surface area contributed by atoms with Crippen molar-refractivity contribution < 1.29 is 0 Å². The monoisotopic (exact) mass is 248 g/mol. The third-order valence-corrected chi connectivity index (χ3v) is 3.67. The Morgan fingerprint density at radius 1 is 0.895 bits per heavy atom. The number of nitrogens with zero attached hydrogens (tertiary/aromatic N) is 3. The number of aromatic nitrogens is 4. The van der Waals surface area contributed by atoms with Crippen molar-refractivity contribution in [2.45, 2.75) is 13.8 Å². The fourth-order valence-electron chi connectivity index (χ4n) is 2.64. The molecular formula is C15H12N4. The number of hydrogen-bond donors (Lipinski definition) is 1. The first-order valence-electron chi connectivity index (χ1n) is 6.24. The van der Waals surface area contributed by atoms with Gasteiger partial charge >= 0.3 is 0 Å². The van der Waals surface area contributed by atoms with Crippen LogP contribution in [0.3, 0.4) is 0 Å². The summed E-state index contributed by atoms with van der Waals surface area (Å²) in [5.41, 5.74) is 8.11. The third-order valence-electron chi connectivity index (χ3n) is 3.67. The van der Waals surface area contributed by atoms with Crippen molar-refractivity contribution in [1.82, 2.24) is 19.9 Å². The van der Waals surface area contributed by atoms with Crippen molar-refractivity contribution >= 4 is 33.1 Å². The highest BCUT2D eigenvalue weighted by molar-refractivity contribution is 6.01. The van der Waals surface area contributed by atoms with E-state index in [2.05, 4.69) is 28.8 Å². The number of para-hydroxylation sites is 2. The van der Waals surface area contributed by atoms with E-state index in [1.54, 1.807) is 6.33 Å². The number of aryl methyl sites for hydroxylation is 2. The summed E-state index contributed by atoms with van der Waals surface area (Å²) in [6.45, 7) is 4.11. The van der Waals surface area contributed by atoms with Crippen LogP contribution in [0, 0.1) is 13.8 Å². The van der Waals surface area contributed by atoms with Gasteiger partial charge < -0.3 is 4.98 Å². The molecule has 4 nitrogen and oxygen atoms in total. The molecule has 0 unspecified atom stereocenters. The van der Waals surface area contributed by atoms with E-state index in [0.717, 1.165) is 44.2 Å². The van der Waals surface area contributed by atoms with Crippen molar-refractivity contribution in [3.05, 3.63) is 41.7 Å². The van der Waals surface area contributed by atoms with E-state index >= 15 is 0 Å². The van der Waals surface area contributed by atoms with Gasteiger partial charge in [-0.2, -0.15) is 0 Å². The number of fused-ring (bicyclic) bond motifs is 3. The molecule has 0 bridgehead atoms. The van der Waals surface area contributed by atoms with Crippen molar-refractivity contribution in [3.8, 4) is 0 Å². The Morgan fingerprint density at radius 3 is 2.47 bits per heavy atom. The number of imidazole rings is 1. The zero-order chi connectivity index (χ0) is 13.0. The predicted molar refractivity (Wildman–Crippen MR) is 76.2 cm³/mol. The second-order valence-electron chi connectivity index (χ2n) is 4.80. The average molecular weight is 248 g/mol. The molecule has 0 aliphatic heterocycles. The molecule has 0 spiro atoms. The zero-order valence-corrected chi connectivity index (χ0v) is 10.7. The molecule has 92 valence electrons. The second kappa shape index (κ2) is 3.51. The van der Waals surface area contributed by atoms with Crippen molar-refractivity contribution in [2.75, 3.05) is 0 Å². The number of benzene rings is 2. The molecule has 0 amide bonds. The highest BCUT2D eigenvalue weighted by Gasteiger charge is 2.13. The van der Waals surface area contributed by atoms with E-state index in [0.29, 0.717) is 0 Å². The summed E-state index contributed by atoms with van der Waals surface area (Å²) in [4.78, 5) is 16.9. The Kier molecular flexibility index (Phi) is 1.93. The lowest BCUT2D eigenvalue weighted by Gasteiger charge is -2.08. The minimum absolute atomic E-state index is 0.946. The highest BCUT2D eigenvalue weighted by atomic mass is 14.9. The maximum Gasteiger partial charge on any atom is 0.116 e. The lowest BCUT2D eigenvalue weighted by Crippen LogP contribution is -1.94. The molecular weight excluding hydrogens is 236 g/mol. The number of H-pyrrole nitrogens is 1. The van der Waals surface area contributed by atoms with Crippen LogP contribution in [0.2, 0.25) is 0 Å². The topological polar surface area (TPSA) is 54.5 Å². The van der Waals surface area contributed by atoms with E-state index in [-0.39, 0.29) is 0 Å². The summed E-state index contributed by atoms with van der Waals surface area (Å²) in [5.74, 6) is 0. The summed E-state index contributed by atoms with van der Waals surface area (Å²) < 4.78 is 0. The van der Waals surface area contributed by atoms with E-state index in [1.165, 1.54) is 0 Å². The molecule has 1 N–H and O–H groups in total. The van der Waals surface area contributed by atoms with Crippen LogP contribution in [0.1, 0.15) is 11.1 Å². The molecule has 4 aromatic rings. The SMILES string of the molecule is Cc1c2ncnc2c(C)c2[nH]c3ccccc3nc12. The molecule has 19 heavy (non-hydrogen) atoms. The van der Waals surface area contributed by atoms with Gasteiger partial charge in [-0.05, 0) is 26.0 Å². The molecule has 0 atom stereocenters. The molecule has 0 saturated heterocycles. The van der Waals surface area contributed by atoms with Crippen molar-refractivity contribution in [2.24, 2.45) is 0 Å². The Morgan fingerprint density at radius 2 is 1.63 bits per heavy atom. The molecule has 2 aromatic heterocycles. The van der Waals surface area contributed by atoms with Gasteiger partial charge in [0.1, 0.15) is 6.33 Å². The normalized spacial score (nSPS) is 11.7. The molecule has 0 aliphatic carbocycles. The molecule has 0 radical (unpaired) electrons. The van der Waals surface area contributed by atoms with Gasteiger partial charge in [0.15, 0.2) is 0 Å². The van der Waals surface area contributed by atoms with Crippen LogP contribution in [0.25, 0.3) is 33.1 Å². The summed E-state index contributed by atoms with van der Waals surface area (Å²) in [6, 6.07) is 8.06.